The molecule has 0 radical (unpaired) electrons. The smallest absolute Gasteiger partial charge is 0.186 e. The molecule has 1 aromatic rings. The third-order valence-electron chi connectivity index (χ3n) is 5.62. The highest BCUT2D eigenvalue weighted by Crippen LogP contribution is 2.19. The van der Waals surface area contributed by atoms with E-state index in [0.29, 0.717) is 0 Å². The number of piperazine rings is 1. The van der Waals surface area contributed by atoms with Crippen LogP contribution in [0.5, 0.6) is 0 Å². The van der Waals surface area contributed by atoms with E-state index in [9.17, 15) is 0 Å². The van der Waals surface area contributed by atoms with Gasteiger partial charge in [-0.1, -0.05) is 6.07 Å². The first kappa shape index (κ1) is 15.5. The molecule has 112 valence electrons. The molecular weight excluding hydrogens is 246 g/mol. The number of hydrogen-bond donors (Lipinski definition) is 0. The van der Waals surface area contributed by atoms with Crippen molar-refractivity contribution in [2.45, 2.75) is 26.3 Å². The Bertz CT molecular complexity index is 445. The van der Waals surface area contributed by atoms with Crippen LogP contribution in [-0.4, -0.2) is 61.8 Å². The SMILES string of the molecule is CC(C)[N+]1(C)CC[N+](C)(CCc2cccc[n+]2C)CC1. The van der Waals surface area contributed by atoms with Gasteiger partial charge in [-0.2, -0.15) is 0 Å². The maximum Gasteiger partial charge on any atom is 0.186 e. The van der Waals surface area contributed by atoms with Crippen molar-refractivity contribution in [2.75, 3.05) is 46.8 Å². The number of quaternary nitrogens is 2. The van der Waals surface area contributed by atoms with Crippen molar-refractivity contribution in [3.05, 3.63) is 30.1 Å². The lowest BCUT2D eigenvalue weighted by Crippen LogP contribution is -2.66. The highest BCUT2D eigenvalue weighted by molar-refractivity contribution is 4.97. The summed E-state index contributed by atoms with van der Waals surface area (Å²) < 4.78 is 4.73. The van der Waals surface area contributed by atoms with Gasteiger partial charge < -0.3 is 8.97 Å². The molecule has 3 heteroatoms. The molecule has 3 nitrogen and oxygen atoms in total. The highest BCUT2D eigenvalue weighted by Gasteiger charge is 2.38. The van der Waals surface area contributed by atoms with Crippen LogP contribution in [-0.2, 0) is 13.5 Å². The molecule has 0 bridgehead atoms. The summed E-state index contributed by atoms with van der Waals surface area (Å²) in [5.74, 6) is 0. The van der Waals surface area contributed by atoms with E-state index in [1.54, 1.807) is 0 Å². The van der Waals surface area contributed by atoms with Gasteiger partial charge >= 0.3 is 0 Å². The Balaban J connectivity index is 1.93. The van der Waals surface area contributed by atoms with Gasteiger partial charge in [0.1, 0.15) is 33.2 Å². The van der Waals surface area contributed by atoms with E-state index in [-0.39, 0.29) is 0 Å². The molecule has 2 rings (SSSR count). The molecule has 0 saturated carbocycles. The van der Waals surface area contributed by atoms with Gasteiger partial charge in [0.05, 0.1) is 33.1 Å². The molecule has 0 spiro atoms. The van der Waals surface area contributed by atoms with E-state index < -0.39 is 0 Å². The number of nitrogens with zero attached hydrogens (tertiary/aromatic N) is 3. The second kappa shape index (κ2) is 5.82. The predicted octanol–water partition coefficient (Wildman–Crippen LogP) is 1.37. The van der Waals surface area contributed by atoms with Crippen LogP contribution in [0, 0.1) is 0 Å². The largest absolute Gasteiger partial charge is 0.316 e. The van der Waals surface area contributed by atoms with Crippen LogP contribution < -0.4 is 4.57 Å². The van der Waals surface area contributed by atoms with E-state index >= 15 is 0 Å². The van der Waals surface area contributed by atoms with Crippen molar-refractivity contribution in [3.8, 4) is 0 Å². The molecular formula is C17H32N3+3. The Morgan fingerprint density at radius 2 is 1.75 bits per heavy atom. The zero-order valence-electron chi connectivity index (χ0n) is 14.0. The molecule has 2 heterocycles. The number of likely N-dealkylation sites (N-methyl/N-ethyl adjacent to an activating group) is 2. The molecule has 0 atom stereocenters. The number of aromatic nitrogens is 1. The number of pyridine rings is 1. The molecule has 1 aliphatic rings. The van der Waals surface area contributed by atoms with Gasteiger partial charge in [-0.15, -0.1) is 0 Å². The minimum absolute atomic E-state index is 0.746. The van der Waals surface area contributed by atoms with Crippen LogP contribution in [0.15, 0.2) is 24.4 Å². The maximum atomic E-state index is 2.44. The monoisotopic (exact) mass is 278 g/mol. The average molecular weight is 278 g/mol. The molecule has 1 aromatic heterocycles. The molecule has 1 aliphatic heterocycles. The zero-order valence-corrected chi connectivity index (χ0v) is 14.0. The van der Waals surface area contributed by atoms with Crippen molar-refractivity contribution in [3.63, 3.8) is 0 Å². The summed E-state index contributed by atoms with van der Waals surface area (Å²) in [6.07, 6.45) is 3.33. The van der Waals surface area contributed by atoms with Gasteiger partial charge in [-0.05, 0) is 13.8 Å². The van der Waals surface area contributed by atoms with E-state index in [1.807, 2.05) is 0 Å². The van der Waals surface area contributed by atoms with Crippen LogP contribution in [0.2, 0.25) is 0 Å². The standard InChI is InChI=1S/C17H32N3/c1-16(2)20(5)14-12-19(4,13-15-20)11-9-17-8-6-7-10-18(17)3/h6-8,10,16H,9,11-15H2,1-5H3/q+3. The number of rotatable bonds is 4. The molecule has 1 fully saturated rings. The lowest BCUT2D eigenvalue weighted by molar-refractivity contribution is -1.02. The van der Waals surface area contributed by atoms with Gasteiger partial charge in [-0.25, -0.2) is 4.57 Å². The first-order valence-corrected chi connectivity index (χ1v) is 7.96. The second-order valence-corrected chi connectivity index (χ2v) is 7.36. The van der Waals surface area contributed by atoms with Gasteiger partial charge in [0.25, 0.3) is 0 Å². The topological polar surface area (TPSA) is 3.88 Å². The molecule has 0 amide bonds. The van der Waals surface area contributed by atoms with E-state index in [1.165, 1.54) is 53.8 Å². The van der Waals surface area contributed by atoms with Crippen molar-refractivity contribution in [1.29, 1.82) is 0 Å². The lowest BCUT2D eigenvalue weighted by Gasteiger charge is -2.48. The third kappa shape index (κ3) is 3.39. The Hall–Kier alpha value is -0.930. The Labute approximate surface area is 124 Å². The summed E-state index contributed by atoms with van der Waals surface area (Å²) in [6, 6.07) is 7.25. The van der Waals surface area contributed by atoms with Crippen LogP contribution in [0.1, 0.15) is 19.5 Å². The average Bonchev–Trinajstić information content (AvgIpc) is 2.42. The van der Waals surface area contributed by atoms with Crippen molar-refractivity contribution in [2.24, 2.45) is 7.05 Å². The first-order valence-electron chi connectivity index (χ1n) is 7.96. The summed E-state index contributed by atoms with van der Waals surface area (Å²) in [7, 11) is 7.01. The Morgan fingerprint density at radius 1 is 1.10 bits per heavy atom. The van der Waals surface area contributed by atoms with Crippen LogP contribution in [0.25, 0.3) is 0 Å². The van der Waals surface area contributed by atoms with Crippen LogP contribution in [0.3, 0.4) is 0 Å². The number of hydrogen-bond acceptors (Lipinski definition) is 0. The number of aryl methyl sites for hydroxylation is 1. The van der Waals surface area contributed by atoms with E-state index in [4.69, 9.17) is 0 Å². The highest BCUT2D eigenvalue weighted by atomic mass is 15.5. The maximum absolute atomic E-state index is 2.44. The zero-order chi connectivity index (χ0) is 14.8. The van der Waals surface area contributed by atoms with Gasteiger partial charge in [0, 0.05) is 12.1 Å². The van der Waals surface area contributed by atoms with Gasteiger partial charge in [-0.3, -0.25) is 0 Å². The molecule has 0 aromatic carbocycles. The summed E-state index contributed by atoms with van der Waals surface area (Å²) in [5, 5.41) is 0. The summed E-state index contributed by atoms with van der Waals surface area (Å²) in [5.41, 5.74) is 1.44. The summed E-state index contributed by atoms with van der Waals surface area (Å²) in [4.78, 5) is 0. The molecule has 0 aliphatic carbocycles. The first-order chi connectivity index (χ1) is 9.35. The van der Waals surface area contributed by atoms with Gasteiger partial charge in [0.2, 0.25) is 0 Å². The minimum Gasteiger partial charge on any atom is -0.316 e. The summed E-state index contributed by atoms with van der Waals surface area (Å²) >= 11 is 0. The van der Waals surface area contributed by atoms with Gasteiger partial charge in [0.15, 0.2) is 11.9 Å². The third-order valence-corrected chi connectivity index (χ3v) is 5.62. The second-order valence-electron chi connectivity index (χ2n) is 7.36. The Morgan fingerprint density at radius 3 is 2.30 bits per heavy atom. The minimum atomic E-state index is 0.746. The lowest BCUT2D eigenvalue weighted by atomic mass is 10.1. The fourth-order valence-corrected chi connectivity index (χ4v) is 3.11. The fraction of sp³-hybridized carbons (Fsp3) is 0.706. The molecule has 1 saturated heterocycles. The van der Waals surface area contributed by atoms with Crippen LogP contribution >= 0.6 is 0 Å². The quantitative estimate of drug-likeness (QED) is 0.578. The van der Waals surface area contributed by atoms with E-state index in [2.05, 4.69) is 64.0 Å². The Kier molecular flexibility index (Phi) is 4.50. The molecule has 0 unspecified atom stereocenters. The van der Waals surface area contributed by atoms with E-state index in [0.717, 1.165) is 6.04 Å². The van der Waals surface area contributed by atoms with Crippen molar-refractivity contribution >= 4 is 0 Å². The molecule has 20 heavy (non-hydrogen) atoms. The summed E-state index contributed by atoms with van der Waals surface area (Å²) in [6.45, 7) is 11.2. The van der Waals surface area contributed by atoms with Crippen molar-refractivity contribution < 1.29 is 13.5 Å². The van der Waals surface area contributed by atoms with Crippen LogP contribution in [0.4, 0.5) is 0 Å². The fourth-order valence-electron chi connectivity index (χ4n) is 3.11. The predicted molar refractivity (Wildman–Crippen MR) is 83.2 cm³/mol. The normalized spacial score (nSPS) is 30.7. The molecule has 0 N–H and O–H groups in total. The van der Waals surface area contributed by atoms with Crippen molar-refractivity contribution in [1.82, 2.24) is 0 Å².